The van der Waals surface area contributed by atoms with Gasteiger partial charge in [-0.25, -0.2) is 0 Å². The molecular formula is C17H22N2S. The Morgan fingerprint density at radius 3 is 2.35 bits per heavy atom. The van der Waals surface area contributed by atoms with Crippen molar-refractivity contribution in [3.63, 3.8) is 0 Å². The average Bonchev–Trinajstić information content (AvgIpc) is 2.43. The first-order valence-corrected chi connectivity index (χ1v) is 7.52. The maximum absolute atomic E-state index is 5.84. The van der Waals surface area contributed by atoms with Crippen molar-refractivity contribution in [2.45, 2.75) is 20.8 Å². The van der Waals surface area contributed by atoms with Gasteiger partial charge >= 0.3 is 0 Å². The van der Waals surface area contributed by atoms with Gasteiger partial charge < -0.3 is 10.6 Å². The molecule has 0 bridgehead atoms. The van der Waals surface area contributed by atoms with Crippen molar-refractivity contribution in [3.8, 4) is 0 Å². The zero-order valence-corrected chi connectivity index (χ0v) is 13.2. The SMILES string of the molecule is CCN(CC(C)C)c1ccc(C(N)=S)c2ccccc12. The number of thiocarbonyl (C=S) groups is 1. The first-order chi connectivity index (χ1) is 9.54. The van der Waals surface area contributed by atoms with Crippen molar-refractivity contribution in [3.05, 3.63) is 42.0 Å². The predicted octanol–water partition coefficient (Wildman–Crippen LogP) is 3.96. The smallest absolute Gasteiger partial charge is 0.104 e. The summed E-state index contributed by atoms with van der Waals surface area (Å²) in [7, 11) is 0. The molecule has 0 heterocycles. The summed E-state index contributed by atoms with van der Waals surface area (Å²) in [6.07, 6.45) is 0. The molecule has 106 valence electrons. The lowest BCUT2D eigenvalue weighted by Crippen LogP contribution is -2.27. The normalized spacial score (nSPS) is 11.0. The molecule has 0 aromatic heterocycles. The number of hydrogen-bond acceptors (Lipinski definition) is 2. The van der Waals surface area contributed by atoms with Gasteiger partial charge in [0.05, 0.1) is 0 Å². The summed E-state index contributed by atoms with van der Waals surface area (Å²) in [5.41, 5.74) is 8.06. The predicted molar refractivity (Wildman–Crippen MR) is 92.6 cm³/mol. The van der Waals surface area contributed by atoms with Gasteiger partial charge in [0, 0.05) is 29.7 Å². The van der Waals surface area contributed by atoms with Crippen LogP contribution in [-0.2, 0) is 0 Å². The highest BCUT2D eigenvalue weighted by atomic mass is 32.1. The third-order valence-corrected chi connectivity index (χ3v) is 3.69. The second-order valence-electron chi connectivity index (χ2n) is 5.47. The van der Waals surface area contributed by atoms with Crippen molar-refractivity contribution < 1.29 is 0 Å². The fourth-order valence-corrected chi connectivity index (χ4v) is 2.79. The molecule has 0 atom stereocenters. The number of rotatable bonds is 5. The van der Waals surface area contributed by atoms with E-state index in [-0.39, 0.29) is 0 Å². The lowest BCUT2D eigenvalue weighted by atomic mass is 10.0. The summed E-state index contributed by atoms with van der Waals surface area (Å²) in [6.45, 7) is 8.72. The molecule has 2 nitrogen and oxygen atoms in total. The van der Waals surface area contributed by atoms with Crippen molar-refractivity contribution in [2.75, 3.05) is 18.0 Å². The van der Waals surface area contributed by atoms with Crippen molar-refractivity contribution in [1.82, 2.24) is 0 Å². The van der Waals surface area contributed by atoms with Crippen LogP contribution in [0.3, 0.4) is 0 Å². The van der Waals surface area contributed by atoms with Gasteiger partial charge in [-0.3, -0.25) is 0 Å². The number of nitrogens with zero attached hydrogens (tertiary/aromatic N) is 1. The average molecular weight is 286 g/mol. The summed E-state index contributed by atoms with van der Waals surface area (Å²) in [5, 5.41) is 2.36. The van der Waals surface area contributed by atoms with E-state index < -0.39 is 0 Å². The lowest BCUT2D eigenvalue weighted by molar-refractivity contribution is 0.620. The molecule has 0 aliphatic rings. The standard InChI is InChI=1S/C17H22N2S/c1-4-19(11-12(2)3)16-10-9-15(17(18)20)13-7-5-6-8-14(13)16/h5-10,12H,4,11H2,1-3H3,(H2,18,20). The molecule has 0 fully saturated rings. The van der Waals surface area contributed by atoms with Crippen LogP contribution in [0.4, 0.5) is 5.69 Å². The number of nitrogens with two attached hydrogens (primary N) is 1. The van der Waals surface area contributed by atoms with E-state index in [1.54, 1.807) is 0 Å². The second-order valence-corrected chi connectivity index (χ2v) is 5.91. The Morgan fingerprint density at radius 1 is 1.15 bits per heavy atom. The highest BCUT2D eigenvalue weighted by Crippen LogP contribution is 2.30. The van der Waals surface area contributed by atoms with E-state index in [1.165, 1.54) is 11.1 Å². The Bertz CT molecular complexity index is 619. The molecule has 0 saturated carbocycles. The molecule has 2 N–H and O–H groups in total. The minimum absolute atomic E-state index is 0.458. The fraction of sp³-hybridized carbons (Fsp3) is 0.353. The van der Waals surface area contributed by atoms with Crippen molar-refractivity contribution in [2.24, 2.45) is 11.7 Å². The van der Waals surface area contributed by atoms with E-state index in [0.29, 0.717) is 10.9 Å². The maximum atomic E-state index is 5.84. The number of fused-ring (bicyclic) bond motifs is 1. The first kappa shape index (κ1) is 14.8. The Morgan fingerprint density at radius 2 is 1.80 bits per heavy atom. The van der Waals surface area contributed by atoms with Gasteiger partial charge in [-0.05, 0) is 30.4 Å². The summed E-state index contributed by atoms with van der Waals surface area (Å²) < 4.78 is 0. The van der Waals surface area contributed by atoms with Crippen LogP contribution in [0.2, 0.25) is 0 Å². The largest absolute Gasteiger partial charge is 0.389 e. The van der Waals surface area contributed by atoms with E-state index in [0.717, 1.165) is 24.0 Å². The lowest BCUT2D eigenvalue weighted by Gasteiger charge is -2.27. The van der Waals surface area contributed by atoms with Crippen LogP contribution in [0.15, 0.2) is 36.4 Å². The van der Waals surface area contributed by atoms with Crippen molar-refractivity contribution >= 4 is 33.7 Å². The van der Waals surface area contributed by atoms with E-state index in [2.05, 4.69) is 49.9 Å². The van der Waals surface area contributed by atoms with Gasteiger partial charge in [-0.15, -0.1) is 0 Å². The maximum Gasteiger partial charge on any atom is 0.104 e. The molecule has 20 heavy (non-hydrogen) atoms. The summed E-state index contributed by atoms with van der Waals surface area (Å²) in [5.74, 6) is 0.629. The molecule has 0 saturated heterocycles. The van der Waals surface area contributed by atoms with Crippen LogP contribution in [0, 0.1) is 5.92 Å². The summed E-state index contributed by atoms with van der Waals surface area (Å²) in [4.78, 5) is 2.87. The second kappa shape index (κ2) is 6.23. The van der Waals surface area contributed by atoms with Crippen LogP contribution in [-0.4, -0.2) is 18.1 Å². The Labute approximate surface area is 126 Å². The zero-order valence-electron chi connectivity index (χ0n) is 12.4. The monoisotopic (exact) mass is 286 g/mol. The van der Waals surface area contributed by atoms with E-state index in [1.807, 2.05) is 12.1 Å². The summed E-state index contributed by atoms with van der Waals surface area (Å²) >= 11 is 5.16. The van der Waals surface area contributed by atoms with Crippen LogP contribution < -0.4 is 10.6 Å². The minimum Gasteiger partial charge on any atom is -0.389 e. The molecule has 0 aliphatic carbocycles. The van der Waals surface area contributed by atoms with Gasteiger partial charge in [-0.1, -0.05) is 50.3 Å². The third-order valence-electron chi connectivity index (χ3n) is 3.47. The molecule has 0 amide bonds. The number of hydrogen-bond donors (Lipinski definition) is 1. The van der Waals surface area contributed by atoms with Gasteiger partial charge in [0.2, 0.25) is 0 Å². The Hall–Kier alpha value is -1.61. The van der Waals surface area contributed by atoms with Crippen molar-refractivity contribution in [1.29, 1.82) is 0 Å². The quantitative estimate of drug-likeness (QED) is 0.844. The molecule has 2 aromatic rings. The molecule has 2 rings (SSSR count). The minimum atomic E-state index is 0.458. The third kappa shape index (κ3) is 2.93. The van der Waals surface area contributed by atoms with E-state index >= 15 is 0 Å². The first-order valence-electron chi connectivity index (χ1n) is 7.11. The Kier molecular flexibility index (Phi) is 4.61. The Balaban J connectivity index is 2.60. The summed E-state index contributed by atoms with van der Waals surface area (Å²) in [6, 6.07) is 12.5. The van der Waals surface area contributed by atoms with Gasteiger partial charge in [0.25, 0.3) is 0 Å². The topological polar surface area (TPSA) is 29.3 Å². The molecule has 2 aromatic carbocycles. The fourth-order valence-electron chi connectivity index (χ4n) is 2.61. The molecule has 0 unspecified atom stereocenters. The van der Waals surface area contributed by atoms with Crippen LogP contribution in [0.1, 0.15) is 26.3 Å². The van der Waals surface area contributed by atoms with Crippen LogP contribution >= 0.6 is 12.2 Å². The molecule has 3 heteroatoms. The highest BCUT2D eigenvalue weighted by molar-refractivity contribution is 7.80. The van der Waals surface area contributed by atoms with Gasteiger partial charge in [-0.2, -0.15) is 0 Å². The van der Waals surface area contributed by atoms with Gasteiger partial charge in [0.1, 0.15) is 4.99 Å². The number of anilines is 1. The highest BCUT2D eigenvalue weighted by Gasteiger charge is 2.12. The van der Waals surface area contributed by atoms with E-state index in [4.69, 9.17) is 18.0 Å². The molecule has 0 radical (unpaired) electrons. The molecule has 0 aliphatic heterocycles. The zero-order chi connectivity index (χ0) is 14.7. The van der Waals surface area contributed by atoms with Crippen LogP contribution in [0.25, 0.3) is 10.8 Å². The van der Waals surface area contributed by atoms with Crippen LogP contribution in [0.5, 0.6) is 0 Å². The molecular weight excluding hydrogens is 264 g/mol. The van der Waals surface area contributed by atoms with Gasteiger partial charge in [0.15, 0.2) is 0 Å². The molecule has 0 spiro atoms. The van der Waals surface area contributed by atoms with E-state index in [9.17, 15) is 0 Å². The number of benzene rings is 2.